The molecule has 23 heavy (non-hydrogen) atoms. The van der Waals surface area contributed by atoms with Crippen molar-refractivity contribution in [1.82, 2.24) is 14.9 Å². The van der Waals surface area contributed by atoms with Crippen molar-refractivity contribution in [2.24, 2.45) is 0 Å². The second-order valence-corrected chi connectivity index (χ2v) is 5.35. The van der Waals surface area contributed by atoms with Crippen molar-refractivity contribution in [1.29, 1.82) is 0 Å². The van der Waals surface area contributed by atoms with Gasteiger partial charge in [0.1, 0.15) is 17.3 Å². The van der Waals surface area contributed by atoms with Gasteiger partial charge in [0.2, 0.25) is 0 Å². The Morgan fingerprint density at radius 3 is 2.65 bits per heavy atom. The highest BCUT2D eigenvalue weighted by atomic mass is 19.1. The second kappa shape index (κ2) is 6.31. The normalized spacial score (nSPS) is 18.0. The third-order valence-electron chi connectivity index (χ3n) is 3.84. The molecule has 2 amide bonds. The molecule has 0 spiro atoms. The molecule has 5 nitrogen and oxygen atoms in total. The molecule has 1 atom stereocenters. The standard InChI is InChI=1S/C15H15F3N4O/c16-9-7-10(17)13(11(18)8-9)21-15(23)22-6-2-1-3-12(22)14-19-4-5-20-14/h4-5,7-8,12H,1-3,6H2,(H,19,20)(H,21,23)/t12-/m0/s1. The predicted molar refractivity (Wildman–Crippen MR) is 77.2 cm³/mol. The van der Waals surface area contributed by atoms with Crippen LogP contribution in [0.1, 0.15) is 31.1 Å². The molecule has 1 aromatic heterocycles. The minimum Gasteiger partial charge on any atom is -0.347 e. The highest BCUT2D eigenvalue weighted by molar-refractivity contribution is 5.90. The van der Waals surface area contributed by atoms with Gasteiger partial charge < -0.3 is 15.2 Å². The van der Waals surface area contributed by atoms with E-state index in [1.807, 2.05) is 0 Å². The molecule has 8 heteroatoms. The SMILES string of the molecule is O=C(Nc1c(F)cc(F)cc1F)N1CCCC[C@H]1c1ncc[nH]1. The first-order chi connectivity index (χ1) is 11.1. The Labute approximate surface area is 130 Å². The lowest BCUT2D eigenvalue weighted by Crippen LogP contribution is -2.41. The van der Waals surface area contributed by atoms with Crippen molar-refractivity contribution in [3.63, 3.8) is 0 Å². The van der Waals surface area contributed by atoms with Crippen LogP contribution < -0.4 is 5.32 Å². The van der Waals surface area contributed by atoms with Crippen molar-refractivity contribution in [2.75, 3.05) is 11.9 Å². The van der Waals surface area contributed by atoms with Crippen LogP contribution in [0.4, 0.5) is 23.7 Å². The first-order valence-electron chi connectivity index (χ1n) is 7.27. The van der Waals surface area contributed by atoms with Crippen LogP contribution in [-0.2, 0) is 0 Å². The predicted octanol–water partition coefficient (Wildman–Crippen LogP) is 3.59. The number of nitrogens with zero attached hydrogens (tertiary/aromatic N) is 2. The Kier molecular flexibility index (Phi) is 4.22. The van der Waals surface area contributed by atoms with Gasteiger partial charge >= 0.3 is 6.03 Å². The van der Waals surface area contributed by atoms with Crippen LogP contribution in [0.3, 0.4) is 0 Å². The number of hydrogen-bond donors (Lipinski definition) is 2. The minimum absolute atomic E-state index is 0.287. The van der Waals surface area contributed by atoms with Crippen LogP contribution in [0, 0.1) is 17.5 Å². The van der Waals surface area contributed by atoms with E-state index in [0.717, 1.165) is 12.8 Å². The quantitative estimate of drug-likeness (QED) is 0.887. The molecular weight excluding hydrogens is 309 g/mol. The van der Waals surface area contributed by atoms with E-state index in [9.17, 15) is 18.0 Å². The maximum atomic E-state index is 13.7. The number of rotatable bonds is 2. The average molecular weight is 324 g/mol. The Bertz CT molecular complexity index is 682. The number of anilines is 1. The first kappa shape index (κ1) is 15.4. The molecule has 2 N–H and O–H groups in total. The fourth-order valence-corrected chi connectivity index (χ4v) is 2.76. The number of urea groups is 1. The molecule has 2 heterocycles. The fraction of sp³-hybridized carbons (Fsp3) is 0.333. The van der Waals surface area contributed by atoms with Gasteiger partial charge in [0.05, 0.1) is 6.04 Å². The van der Waals surface area contributed by atoms with Crippen LogP contribution in [0.25, 0.3) is 0 Å². The summed E-state index contributed by atoms with van der Waals surface area (Å²) < 4.78 is 40.3. The van der Waals surface area contributed by atoms with Gasteiger partial charge in [0, 0.05) is 31.1 Å². The zero-order valence-electron chi connectivity index (χ0n) is 12.2. The summed E-state index contributed by atoms with van der Waals surface area (Å²) in [6, 6.07) is 0.124. The van der Waals surface area contributed by atoms with Crippen molar-refractivity contribution in [3.8, 4) is 0 Å². The molecule has 0 unspecified atom stereocenters. The van der Waals surface area contributed by atoms with Crippen molar-refractivity contribution in [3.05, 3.63) is 47.8 Å². The van der Waals surface area contributed by atoms with Crippen molar-refractivity contribution < 1.29 is 18.0 Å². The van der Waals surface area contributed by atoms with Crippen molar-refractivity contribution in [2.45, 2.75) is 25.3 Å². The molecule has 2 aromatic rings. The molecule has 1 fully saturated rings. The summed E-state index contributed by atoms with van der Waals surface area (Å²) in [6.07, 6.45) is 5.65. The van der Waals surface area contributed by atoms with E-state index in [1.54, 1.807) is 12.4 Å². The summed E-state index contributed by atoms with van der Waals surface area (Å²) in [4.78, 5) is 21.0. The lowest BCUT2D eigenvalue weighted by molar-refractivity contribution is 0.159. The van der Waals surface area contributed by atoms with E-state index in [0.29, 0.717) is 30.9 Å². The lowest BCUT2D eigenvalue weighted by Gasteiger charge is -2.34. The van der Waals surface area contributed by atoms with Gasteiger partial charge in [-0.1, -0.05) is 0 Å². The van der Waals surface area contributed by atoms with E-state index in [2.05, 4.69) is 15.3 Å². The number of H-pyrrole nitrogens is 1. The molecule has 1 saturated heterocycles. The molecule has 1 aromatic carbocycles. The van der Waals surface area contributed by atoms with E-state index in [1.165, 1.54) is 4.90 Å². The smallest absolute Gasteiger partial charge is 0.322 e. The zero-order chi connectivity index (χ0) is 16.4. The van der Waals surface area contributed by atoms with E-state index < -0.39 is 29.2 Å². The van der Waals surface area contributed by atoms with Gasteiger partial charge in [-0.15, -0.1) is 0 Å². The Morgan fingerprint density at radius 1 is 1.26 bits per heavy atom. The summed E-state index contributed by atoms with van der Waals surface area (Å²) in [6.45, 7) is 0.446. The number of carbonyl (C=O) groups excluding carboxylic acids is 1. The second-order valence-electron chi connectivity index (χ2n) is 5.35. The Morgan fingerprint density at radius 2 is 2.00 bits per heavy atom. The van der Waals surface area contributed by atoms with Gasteiger partial charge in [0.25, 0.3) is 0 Å². The number of nitrogens with one attached hydrogen (secondary N) is 2. The molecule has 0 bridgehead atoms. The van der Waals surface area contributed by atoms with Gasteiger partial charge in [-0.05, 0) is 19.3 Å². The molecule has 122 valence electrons. The molecule has 0 aliphatic carbocycles. The number of piperidine rings is 1. The number of aromatic amines is 1. The van der Waals surface area contributed by atoms with Crippen LogP contribution >= 0.6 is 0 Å². The summed E-state index contributed by atoms with van der Waals surface area (Å²) in [7, 11) is 0. The van der Waals surface area contributed by atoms with Gasteiger partial charge in [-0.3, -0.25) is 0 Å². The zero-order valence-corrected chi connectivity index (χ0v) is 12.2. The molecule has 1 aliphatic heterocycles. The Balaban J connectivity index is 1.82. The van der Waals surface area contributed by atoms with Crippen LogP contribution in [0.5, 0.6) is 0 Å². The van der Waals surface area contributed by atoms with E-state index >= 15 is 0 Å². The maximum absolute atomic E-state index is 13.7. The maximum Gasteiger partial charge on any atom is 0.322 e. The van der Waals surface area contributed by atoms with Crippen LogP contribution in [-0.4, -0.2) is 27.4 Å². The number of aromatic nitrogens is 2. The topological polar surface area (TPSA) is 61.0 Å². The molecule has 1 aliphatic rings. The third kappa shape index (κ3) is 3.15. The minimum atomic E-state index is -1.15. The first-order valence-corrected chi connectivity index (χ1v) is 7.27. The lowest BCUT2D eigenvalue weighted by atomic mass is 10.0. The van der Waals surface area contributed by atoms with Crippen molar-refractivity contribution >= 4 is 11.7 Å². The average Bonchev–Trinajstić information content (AvgIpc) is 3.05. The summed E-state index contributed by atoms with van der Waals surface area (Å²) >= 11 is 0. The Hall–Kier alpha value is -2.51. The number of likely N-dealkylation sites (tertiary alicyclic amines) is 1. The number of amides is 2. The largest absolute Gasteiger partial charge is 0.347 e. The fourth-order valence-electron chi connectivity index (χ4n) is 2.76. The number of imidazole rings is 1. The van der Waals surface area contributed by atoms with E-state index in [-0.39, 0.29) is 6.04 Å². The van der Waals surface area contributed by atoms with Crippen LogP contribution in [0.15, 0.2) is 24.5 Å². The number of carbonyl (C=O) groups is 1. The molecule has 0 radical (unpaired) electrons. The molecule has 3 rings (SSSR count). The number of benzene rings is 1. The van der Waals surface area contributed by atoms with Crippen LogP contribution in [0.2, 0.25) is 0 Å². The number of hydrogen-bond acceptors (Lipinski definition) is 2. The summed E-state index contributed by atoms with van der Waals surface area (Å²) in [5, 5.41) is 2.20. The molecule has 0 saturated carbocycles. The van der Waals surface area contributed by atoms with Gasteiger partial charge in [-0.25, -0.2) is 22.9 Å². The van der Waals surface area contributed by atoms with Gasteiger partial charge in [0.15, 0.2) is 11.6 Å². The monoisotopic (exact) mass is 324 g/mol. The molecular formula is C15H15F3N4O. The van der Waals surface area contributed by atoms with E-state index in [4.69, 9.17) is 0 Å². The highest BCUT2D eigenvalue weighted by Crippen LogP contribution is 2.30. The summed E-state index contributed by atoms with van der Waals surface area (Å²) in [5.74, 6) is -2.71. The number of halogens is 3. The third-order valence-corrected chi connectivity index (χ3v) is 3.84. The highest BCUT2D eigenvalue weighted by Gasteiger charge is 2.30. The van der Waals surface area contributed by atoms with Gasteiger partial charge in [-0.2, -0.15) is 0 Å². The summed E-state index contributed by atoms with van der Waals surface area (Å²) in [5.41, 5.74) is -0.653.